The van der Waals surface area contributed by atoms with Gasteiger partial charge in [0.1, 0.15) is 6.17 Å². The molecule has 0 radical (unpaired) electrons. The van der Waals surface area contributed by atoms with Gasteiger partial charge in [0.15, 0.2) is 0 Å². The smallest absolute Gasteiger partial charge is 0.253 e. The number of carbonyl (C=O) groups is 1. The summed E-state index contributed by atoms with van der Waals surface area (Å²) < 4.78 is 13.9. The lowest BCUT2D eigenvalue weighted by atomic mass is 10.1. The van der Waals surface area contributed by atoms with Crippen molar-refractivity contribution in [1.82, 2.24) is 9.80 Å². The van der Waals surface area contributed by atoms with Crippen LogP contribution in [-0.4, -0.2) is 48.1 Å². The maximum absolute atomic E-state index is 13.9. The lowest BCUT2D eigenvalue weighted by Crippen LogP contribution is -2.40. The molecular weight excluding hydrogens is 337 g/mol. The zero-order valence-electron chi connectivity index (χ0n) is 14.1. The van der Waals surface area contributed by atoms with Crippen LogP contribution in [0.5, 0.6) is 0 Å². The summed E-state index contributed by atoms with van der Waals surface area (Å²) in [6.45, 7) is 1.60. The molecule has 0 aliphatic carbocycles. The zero-order valence-corrected chi connectivity index (χ0v) is 14.9. The Labute approximate surface area is 151 Å². The molecular formula is C19H20FN3OS. The predicted octanol–water partition coefficient (Wildman–Crippen LogP) is 3.30. The van der Waals surface area contributed by atoms with Gasteiger partial charge in [0.2, 0.25) is 0 Å². The second-order valence-corrected chi connectivity index (χ2v) is 7.41. The van der Waals surface area contributed by atoms with E-state index >= 15 is 0 Å². The van der Waals surface area contributed by atoms with E-state index in [1.54, 1.807) is 47.5 Å². The molecule has 1 aliphatic heterocycles. The number of likely N-dealkylation sites (tertiary alicyclic amines) is 1. The van der Waals surface area contributed by atoms with Gasteiger partial charge in [0.25, 0.3) is 5.91 Å². The maximum Gasteiger partial charge on any atom is 0.253 e. The van der Waals surface area contributed by atoms with Gasteiger partial charge < -0.3 is 4.90 Å². The Bertz CT molecular complexity index is 771. The van der Waals surface area contributed by atoms with Gasteiger partial charge in [-0.15, -0.1) is 11.3 Å². The molecule has 0 spiro atoms. The summed E-state index contributed by atoms with van der Waals surface area (Å²) in [7, 11) is 1.73. The topological polar surface area (TPSA) is 47.3 Å². The molecule has 1 aromatic heterocycles. The average Bonchev–Trinajstić information content (AvgIpc) is 3.24. The monoisotopic (exact) mass is 357 g/mol. The van der Waals surface area contributed by atoms with Gasteiger partial charge in [-0.2, -0.15) is 5.26 Å². The Balaban J connectivity index is 1.66. The summed E-state index contributed by atoms with van der Waals surface area (Å²) in [4.78, 5) is 17.6. The zero-order chi connectivity index (χ0) is 17.8. The standard InChI is InChI=1S/C19H20FN3OS/c1-22(19(24)15-5-2-4-14(8-15)10-21)12-17-9-16(20)11-23(17)13-18-6-3-7-25-18/h2-8,16-17H,9,11-13H2,1H3/t16-,17-/m0/s1. The Morgan fingerprint density at radius 3 is 3.00 bits per heavy atom. The minimum absolute atomic E-state index is 0.00481. The van der Waals surface area contributed by atoms with Gasteiger partial charge in [-0.3, -0.25) is 9.69 Å². The van der Waals surface area contributed by atoms with Crippen molar-refractivity contribution in [3.63, 3.8) is 0 Å². The van der Waals surface area contributed by atoms with Crippen LogP contribution in [0.3, 0.4) is 0 Å². The fourth-order valence-corrected chi connectivity index (χ4v) is 3.98. The summed E-state index contributed by atoms with van der Waals surface area (Å²) in [6.07, 6.45) is -0.406. The first-order valence-electron chi connectivity index (χ1n) is 8.23. The highest BCUT2D eigenvalue weighted by atomic mass is 32.1. The lowest BCUT2D eigenvalue weighted by Gasteiger charge is -2.28. The van der Waals surface area contributed by atoms with Crippen LogP contribution in [0, 0.1) is 11.3 Å². The van der Waals surface area contributed by atoms with Crippen molar-refractivity contribution >= 4 is 17.2 Å². The molecule has 2 atom stereocenters. The number of alkyl halides is 1. The highest BCUT2D eigenvalue weighted by Crippen LogP contribution is 2.25. The van der Waals surface area contributed by atoms with Crippen molar-refractivity contribution in [1.29, 1.82) is 5.26 Å². The molecule has 1 aromatic carbocycles. The molecule has 1 aliphatic rings. The van der Waals surface area contributed by atoms with E-state index in [9.17, 15) is 9.18 Å². The number of likely N-dealkylation sites (N-methyl/N-ethyl adjacent to an activating group) is 1. The van der Waals surface area contributed by atoms with E-state index in [0.717, 1.165) is 0 Å². The van der Waals surface area contributed by atoms with Crippen molar-refractivity contribution in [2.24, 2.45) is 0 Å². The minimum atomic E-state index is -0.851. The molecule has 6 heteroatoms. The first-order chi connectivity index (χ1) is 12.1. The van der Waals surface area contributed by atoms with Gasteiger partial charge in [-0.05, 0) is 36.1 Å². The predicted molar refractivity (Wildman–Crippen MR) is 96.1 cm³/mol. The minimum Gasteiger partial charge on any atom is -0.340 e. The number of amides is 1. The van der Waals surface area contributed by atoms with Crippen LogP contribution >= 0.6 is 11.3 Å². The molecule has 0 unspecified atom stereocenters. The number of hydrogen-bond acceptors (Lipinski definition) is 4. The quantitative estimate of drug-likeness (QED) is 0.825. The molecule has 2 heterocycles. The summed E-state index contributed by atoms with van der Waals surface area (Å²) >= 11 is 1.66. The highest BCUT2D eigenvalue weighted by Gasteiger charge is 2.33. The van der Waals surface area contributed by atoms with E-state index in [-0.39, 0.29) is 11.9 Å². The summed E-state index contributed by atoms with van der Waals surface area (Å²) in [5.41, 5.74) is 0.949. The van der Waals surface area contributed by atoms with Gasteiger partial charge in [0.05, 0.1) is 11.6 Å². The van der Waals surface area contributed by atoms with Gasteiger partial charge >= 0.3 is 0 Å². The molecule has 3 rings (SSSR count). The third-order valence-corrected chi connectivity index (χ3v) is 5.35. The molecule has 0 saturated carbocycles. The van der Waals surface area contributed by atoms with Gasteiger partial charge in [0, 0.05) is 43.2 Å². The van der Waals surface area contributed by atoms with Crippen molar-refractivity contribution < 1.29 is 9.18 Å². The van der Waals surface area contributed by atoms with Crippen molar-refractivity contribution in [2.45, 2.75) is 25.2 Å². The Kier molecular flexibility index (Phi) is 5.47. The molecule has 2 aromatic rings. The molecule has 1 fully saturated rings. The van der Waals surface area contributed by atoms with Crippen molar-refractivity contribution in [3.05, 3.63) is 57.8 Å². The van der Waals surface area contributed by atoms with E-state index in [1.807, 2.05) is 17.5 Å². The number of nitrogens with zero attached hydrogens (tertiary/aromatic N) is 3. The molecule has 1 saturated heterocycles. The number of halogens is 1. The van der Waals surface area contributed by atoms with Crippen LogP contribution in [-0.2, 0) is 6.54 Å². The first kappa shape index (κ1) is 17.6. The number of benzene rings is 1. The summed E-state index contributed by atoms with van der Waals surface area (Å²) in [5, 5.41) is 11.0. The highest BCUT2D eigenvalue weighted by molar-refractivity contribution is 7.09. The Morgan fingerprint density at radius 2 is 2.28 bits per heavy atom. The van der Waals surface area contributed by atoms with Gasteiger partial charge in [-0.25, -0.2) is 4.39 Å². The Hall–Kier alpha value is -2.23. The average molecular weight is 357 g/mol. The van der Waals surface area contributed by atoms with E-state index in [1.165, 1.54) is 4.88 Å². The molecule has 4 nitrogen and oxygen atoms in total. The third kappa shape index (κ3) is 4.25. The summed E-state index contributed by atoms with van der Waals surface area (Å²) in [6, 6.07) is 12.8. The van der Waals surface area contributed by atoms with E-state index in [0.29, 0.717) is 37.2 Å². The SMILES string of the molecule is CN(C[C@@H]1C[C@H](F)CN1Cc1cccs1)C(=O)c1cccc(C#N)c1. The normalized spacial score (nSPS) is 20.4. The number of thiophene rings is 1. The van der Waals surface area contributed by atoms with Crippen molar-refractivity contribution in [3.8, 4) is 6.07 Å². The van der Waals surface area contributed by atoms with Gasteiger partial charge in [-0.1, -0.05) is 12.1 Å². The first-order valence-corrected chi connectivity index (χ1v) is 9.11. The molecule has 25 heavy (non-hydrogen) atoms. The van der Waals surface area contributed by atoms with Crippen molar-refractivity contribution in [2.75, 3.05) is 20.1 Å². The number of hydrogen-bond donors (Lipinski definition) is 0. The number of rotatable bonds is 5. The number of nitriles is 1. The molecule has 1 amide bonds. The van der Waals surface area contributed by atoms with Crippen LogP contribution in [0.1, 0.15) is 27.2 Å². The van der Waals surface area contributed by atoms with Crippen LogP contribution in [0.2, 0.25) is 0 Å². The van der Waals surface area contributed by atoms with Crippen LogP contribution in [0.15, 0.2) is 41.8 Å². The van der Waals surface area contributed by atoms with E-state index in [4.69, 9.17) is 5.26 Å². The Morgan fingerprint density at radius 1 is 1.44 bits per heavy atom. The van der Waals surface area contributed by atoms with E-state index < -0.39 is 6.17 Å². The van der Waals surface area contributed by atoms with Crippen LogP contribution < -0.4 is 0 Å². The second kappa shape index (κ2) is 7.77. The van der Waals surface area contributed by atoms with Crippen LogP contribution in [0.4, 0.5) is 4.39 Å². The number of carbonyl (C=O) groups excluding carboxylic acids is 1. The fraction of sp³-hybridized carbons (Fsp3) is 0.368. The summed E-state index contributed by atoms with van der Waals surface area (Å²) in [5.74, 6) is -0.143. The molecule has 0 bridgehead atoms. The fourth-order valence-electron chi connectivity index (χ4n) is 3.25. The molecule has 130 valence electrons. The van der Waals surface area contributed by atoms with E-state index in [2.05, 4.69) is 11.0 Å². The van der Waals surface area contributed by atoms with Crippen LogP contribution in [0.25, 0.3) is 0 Å². The third-order valence-electron chi connectivity index (χ3n) is 4.49. The molecule has 0 N–H and O–H groups in total. The lowest BCUT2D eigenvalue weighted by molar-refractivity contribution is 0.0750. The largest absolute Gasteiger partial charge is 0.340 e. The second-order valence-electron chi connectivity index (χ2n) is 6.37. The maximum atomic E-state index is 13.9.